The molecule has 1 amide bonds. The highest BCUT2D eigenvalue weighted by Gasteiger charge is 2.29. The van der Waals surface area contributed by atoms with E-state index in [1.165, 1.54) is 11.1 Å². The lowest BCUT2D eigenvalue weighted by Crippen LogP contribution is -2.30. The molecule has 2 atom stereocenters. The summed E-state index contributed by atoms with van der Waals surface area (Å²) in [6.07, 6.45) is -2.39. The zero-order chi connectivity index (χ0) is 22.5. The van der Waals surface area contributed by atoms with Gasteiger partial charge >= 0.3 is 6.09 Å². The van der Waals surface area contributed by atoms with Gasteiger partial charge in [0.05, 0.1) is 6.10 Å². The van der Waals surface area contributed by atoms with E-state index in [4.69, 9.17) is 16.3 Å². The summed E-state index contributed by atoms with van der Waals surface area (Å²) >= 11 is 5.77. The van der Waals surface area contributed by atoms with Crippen molar-refractivity contribution >= 4 is 17.7 Å². The summed E-state index contributed by atoms with van der Waals surface area (Å²) in [5, 5.41) is 23.2. The van der Waals surface area contributed by atoms with Crippen LogP contribution in [-0.4, -0.2) is 35.6 Å². The molecule has 166 valence electrons. The summed E-state index contributed by atoms with van der Waals surface area (Å²) in [5.74, 6) is 0.389. The number of amides is 1. The molecule has 3 aromatic rings. The molecule has 0 heterocycles. The van der Waals surface area contributed by atoms with Crippen molar-refractivity contribution in [1.82, 2.24) is 5.32 Å². The Kier molecular flexibility index (Phi) is 7.10. The predicted molar refractivity (Wildman–Crippen MR) is 125 cm³/mol. The standard InChI is InChI=1S/C26H26ClNO4/c27-15-17-9-11-18(12-10-17)25(30)24(29)13-14-28-26(31)32-16-23-21-7-3-1-5-19(21)20-6-2-4-8-22(20)23/h1-12,23-25,29-30H,13-16H2,(H,28,31). The molecule has 1 aliphatic rings. The molecule has 3 aromatic carbocycles. The number of rotatable bonds is 8. The molecule has 3 N–H and O–H groups in total. The van der Waals surface area contributed by atoms with Crippen LogP contribution in [0.4, 0.5) is 4.79 Å². The Morgan fingerprint density at radius 2 is 1.53 bits per heavy atom. The molecule has 0 saturated heterocycles. The highest BCUT2D eigenvalue weighted by molar-refractivity contribution is 6.17. The summed E-state index contributed by atoms with van der Waals surface area (Å²) in [5.41, 5.74) is 6.20. The van der Waals surface area contributed by atoms with E-state index < -0.39 is 18.3 Å². The first-order valence-corrected chi connectivity index (χ1v) is 11.2. The minimum atomic E-state index is -1.04. The number of hydrogen-bond acceptors (Lipinski definition) is 4. The normalized spacial score (nSPS) is 14.3. The van der Waals surface area contributed by atoms with Crippen molar-refractivity contribution in [2.75, 3.05) is 13.2 Å². The maximum atomic E-state index is 12.2. The molecule has 0 saturated carbocycles. The number of alkyl halides is 1. The number of benzene rings is 3. The van der Waals surface area contributed by atoms with E-state index in [2.05, 4.69) is 29.6 Å². The topological polar surface area (TPSA) is 78.8 Å². The summed E-state index contributed by atoms with van der Waals surface area (Å²) in [6.45, 7) is 0.423. The molecule has 0 fully saturated rings. The first kappa shape index (κ1) is 22.3. The number of ether oxygens (including phenoxy) is 1. The van der Waals surface area contributed by atoms with Gasteiger partial charge in [0.1, 0.15) is 12.7 Å². The van der Waals surface area contributed by atoms with Gasteiger partial charge in [0.25, 0.3) is 0 Å². The van der Waals surface area contributed by atoms with Crippen molar-refractivity contribution in [3.05, 3.63) is 95.1 Å². The average molecular weight is 452 g/mol. The van der Waals surface area contributed by atoms with Gasteiger partial charge in [-0.25, -0.2) is 4.79 Å². The van der Waals surface area contributed by atoms with Crippen LogP contribution in [-0.2, 0) is 10.6 Å². The molecule has 0 aliphatic heterocycles. The molecular formula is C26H26ClNO4. The number of nitrogens with one attached hydrogen (secondary N) is 1. The van der Waals surface area contributed by atoms with E-state index in [0.717, 1.165) is 16.7 Å². The number of alkyl carbamates (subject to hydrolysis) is 1. The summed E-state index contributed by atoms with van der Waals surface area (Å²) < 4.78 is 5.49. The van der Waals surface area contributed by atoms with E-state index in [-0.39, 0.29) is 25.5 Å². The number of aliphatic hydroxyl groups is 2. The number of hydrogen-bond donors (Lipinski definition) is 3. The third-order valence-corrected chi connectivity index (χ3v) is 6.20. The molecule has 32 heavy (non-hydrogen) atoms. The fourth-order valence-electron chi connectivity index (χ4n) is 4.16. The zero-order valence-electron chi connectivity index (χ0n) is 17.6. The van der Waals surface area contributed by atoms with Gasteiger partial charge in [-0.1, -0.05) is 72.8 Å². The van der Waals surface area contributed by atoms with E-state index in [1.54, 1.807) is 12.1 Å². The molecule has 5 nitrogen and oxygen atoms in total. The number of carbonyl (C=O) groups excluding carboxylic acids is 1. The molecular weight excluding hydrogens is 426 g/mol. The summed E-state index contributed by atoms with van der Waals surface area (Å²) in [7, 11) is 0. The second-order valence-electron chi connectivity index (χ2n) is 7.93. The lowest BCUT2D eigenvalue weighted by Gasteiger charge is -2.19. The Bertz CT molecular complexity index is 1020. The Labute approximate surface area is 192 Å². The number of aliphatic hydroxyl groups excluding tert-OH is 2. The van der Waals surface area contributed by atoms with Crippen LogP contribution in [0.15, 0.2) is 72.8 Å². The molecule has 0 bridgehead atoms. The Balaban J connectivity index is 1.27. The van der Waals surface area contributed by atoms with Crippen molar-refractivity contribution in [1.29, 1.82) is 0 Å². The van der Waals surface area contributed by atoms with Crippen molar-refractivity contribution in [2.45, 2.75) is 30.4 Å². The van der Waals surface area contributed by atoms with E-state index in [9.17, 15) is 15.0 Å². The smallest absolute Gasteiger partial charge is 0.407 e. The van der Waals surface area contributed by atoms with Gasteiger partial charge in [-0.15, -0.1) is 11.6 Å². The lowest BCUT2D eigenvalue weighted by molar-refractivity contribution is 0.0136. The van der Waals surface area contributed by atoms with E-state index >= 15 is 0 Å². The number of fused-ring (bicyclic) bond motifs is 3. The van der Waals surface area contributed by atoms with Gasteiger partial charge in [0.15, 0.2) is 0 Å². The van der Waals surface area contributed by atoms with Gasteiger partial charge in [-0.05, 0) is 39.8 Å². The van der Waals surface area contributed by atoms with Crippen LogP contribution in [0.3, 0.4) is 0 Å². The van der Waals surface area contributed by atoms with Crippen molar-refractivity contribution in [3.63, 3.8) is 0 Å². The summed E-state index contributed by atoms with van der Waals surface area (Å²) in [6, 6.07) is 23.4. The second-order valence-corrected chi connectivity index (χ2v) is 8.20. The van der Waals surface area contributed by atoms with Crippen LogP contribution in [0.25, 0.3) is 11.1 Å². The Hall–Kier alpha value is -2.86. The fourth-order valence-corrected chi connectivity index (χ4v) is 4.33. The average Bonchev–Trinajstić information content (AvgIpc) is 3.16. The Morgan fingerprint density at radius 1 is 0.938 bits per heavy atom. The lowest BCUT2D eigenvalue weighted by atomic mass is 9.98. The van der Waals surface area contributed by atoms with Crippen LogP contribution < -0.4 is 5.32 Å². The minimum Gasteiger partial charge on any atom is -0.449 e. The van der Waals surface area contributed by atoms with Crippen LogP contribution in [0.2, 0.25) is 0 Å². The highest BCUT2D eigenvalue weighted by Crippen LogP contribution is 2.44. The van der Waals surface area contributed by atoms with E-state index in [1.807, 2.05) is 36.4 Å². The van der Waals surface area contributed by atoms with Gasteiger partial charge in [-0.2, -0.15) is 0 Å². The molecule has 0 spiro atoms. The second kappa shape index (κ2) is 10.2. The molecule has 0 radical (unpaired) electrons. The quantitative estimate of drug-likeness (QED) is 0.432. The maximum absolute atomic E-state index is 12.2. The van der Waals surface area contributed by atoms with Crippen molar-refractivity contribution in [2.24, 2.45) is 0 Å². The third kappa shape index (κ3) is 4.80. The first-order chi connectivity index (χ1) is 15.6. The largest absolute Gasteiger partial charge is 0.449 e. The van der Waals surface area contributed by atoms with Crippen molar-refractivity contribution < 1.29 is 19.7 Å². The van der Waals surface area contributed by atoms with Crippen LogP contribution in [0, 0.1) is 0 Å². The molecule has 2 unspecified atom stereocenters. The minimum absolute atomic E-state index is 0.00322. The summed E-state index contributed by atoms with van der Waals surface area (Å²) in [4.78, 5) is 12.2. The van der Waals surface area contributed by atoms with Crippen molar-refractivity contribution in [3.8, 4) is 11.1 Å². The fraction of sp³-hybridized carbons (Fsp3) is 0.269. The van der Waals surface area contributed by atoms with Gasteiger partial charge in [-0.3, -0.25) is 0 Å². The van der Waals surface area contributed by atoms with Gasteiger partial charge < -0.3 is 20.3 Å². The maximum Gasteiger partial charge on any atom is 0.407 e. The zero-order valence-corrected chi connectivity index (χ0v) is 18.3. The molecule has 6 heteroatoms. The van der Waals surface area contributed by atoms with Gasteiger partial charge in [0.2, 0.25) is 0 Å². The van der Waals surface area contributed by atoms with Crippen LogP contribution in [0.5, 0.6) is 0 Å². The van der Waals surface area contributed by atoms with E-state index in [0.29, 0.717) is 11.4 Å². The van der Waals surface area contributed by atoms with Crippen LogP contribution in [0.1, 0.15) is 40.7 Å². The number of carbonyl (C=O) groups is 1. The molecule has 1 aliphatic carbocycles. The molecule has 4 rings (SSSR count). The SMILES string of the molecule is O=C(NCCC(O)C(O)c1ccc(CCl)cc1)OCC1c2ccccc2-c2ccccc21. The first-order valence-electron chi connectivity index (χ1n) is 10.7. The third-order valence-electron chi connectivity index (χ3n) is 5.89. The van der Waals surface area contributed by atoms with Crippen LogP contribution >= 0.6 is 11.6 Å². The van der Waals surface area contributed by atoms with Gasteiger partial charge in [0, 0.05) is 18.3 Å². The predicted octanol–water partition coefficient (Wildman–Crippen LogP) is 4.75. The number of halogens is 1. The highest BCUT2D eigenvalue weighted by atomic mass is 35.5. The molecule has 0 aromatic heterocycles. The monoisotopic (exact) mass is 451 g/mol. The Morgan fingerprint density at radius 3 is 2.12 bits per heavy atom.